The number of carbonyl (C=O) groups excluding carboxylic acids is 1. The number of carbonyl (C=O) groups is 1. The SMILES string of the molecule is NS(=O)(=O)c1cccc(NC(=O)c2ccccc2O)c1. The van der Waals surface area contributed by atoms with Crippen LogP contribution in [-0.4, -0.2) is 19.4 Å². The summed E-state index contributed by atoms with van der Waals surface area (Å²) in [7, 11) is -3.83. The average molecular weight is 292 g/mol. The molecule has 2 aromatic rings. The normalized spacial score (nSPS) is 11.1. The zero-order chi connectivity index (χ0) is 14.8. The number of hydrogen-bond donors (Lipinski definition) is 3. The first-order valence-corrected chi connectivity index (χ1v) is 7.15. The van der Waals surface area contributed by atoms with Gasteiger partial charge in [-0.05, 0) is 30.3 Å². The lowest BCUT2D eigenvalue weighted by Crippen LogP contribution is -2.14. The van der Waals surface area contributed by atoms with Crippen LogP contribution in [0.15, 0.2) is 53.4 Å². The molecule has 4 N–H and O–H groups in total. The molecule has 0 aliphatic heterocycles. The molecule has 1 amide bonds. The first-order chi connectivity index (χ1) is 9.38. The van der Waals surface area contributed by atoms with Gasteiger partial charge in [0, 0.05) is 5.69 Å². The van der Waals surface area contributed by atoms with Crippen molar-refractivity contribution in [1.29, 1.82) is 0 Å². The lowest BCUT2D eigenvalue weighted by molar-refractivity contribution is 0.102. The van der Waals surface area contributed by atoms with Crippen molar-refractivity contribution in [3.63, 3.8) is 0 Å². The smallest absolute Gasteiger partial charge is 0.259 e. The quantitative estimate of drug-likeness (QED) is 0.791. The van der Waals surface area contributed by atoms with Gasteiger partial charge in [0.2, 0.25) is 10.0 Å². The number of benzene rings is 2. The Bertz CT molecular complexity index is 756. The lowest BCUT2D eigenvalue weighted by Gasteiger charge is -2.07. The van der Waals surface area contributed by atoms with E-state index in [2.05, 4.69) is 5.32 Å². The van der Waals surface area contributed by atoms with Crippen LogP contribution in [-0.2, 0) is 10.0 Å². The number of amides is 1. The van der Waals surface area contributed by atoms with E-state index >= 15 is 0 Å². The molecule has 0 radical (unpaired) electrons. The third-order valence-corrected chi connectivity index (χ3v) is 3.48. The Hall–Kier alpha value is -2.38. The third kappa shape index (κ3) is 3.14. The Morgan fingerprint density at radius 3 is 2.45 bits per heavy atom. The predicted octanol–water partition coefficient (Wildman–Crippen LogP) is 1.29. The Morgan fingerprint density at radius 1 is 1.10 bits per heavy atom. The van der Waals surface area contributed by atoms with E-state index in [1.807, 2.05) is 0 Å². The van der Waals surface area contributed by atoms with Gasteiger partial charge in [-0.15, -0.1) is 0 Å². The molecule has 104 valence electrons. The first-order valence-electron chi connectivity index (χ1n) is 5.60. The van der Waals surface area contributed by atoms with E-state index in [0.717, 1.165) is 0 Å². The zero-order valence-electron chi connectivity index (χ0n) is 10.3. The van der Waals surface area contributed by atoms with Crippen molar-refractivity contribution in [3.8, 4) is 5.75 Å². The molecule has 0 fully saturated rings. The summed E-state index contributed by atoms with van der Waals surface area (Å²) < 4.78 is 22.4. The van der Waals surface area contributed by atoms with Crippen LogP contribution in [0.3, 0.4) is 0 Å². The standard InChI is InChI=1S/C13H12N2O4S/c14-20(18,19)10-5-3-4-9(8-10)15-13(17)11-6-1-2-7-12(11)16/h1-8,16H,(H,15,17)(H2,14,18,19). The number of anilines is 1. The summed E-state index contributed by atoms with van der Waals surface area (Å²) in [5, 5.41) is 17.1. The van der Waals surface area contributed by atoms with Gasteiger partial charge in [0.25, 0.3) is 5.91 Å². The first kappa shape index (κ1) is 14.0. The van der Waals surface area contributed by atoms with Gasteiger partial charge < -0.3 is 10.4 Å². The van der Waals surface area contributed by atoms with Gasteiger partial charge in [0.1, 0.15) is 5.75 Å². The number of sulfonamides is 1. The fraction of sp³-hybridized carbons (Fsp3) is 0. The number of primary sulfonamides is 1. The zero-order valence-corrected chi connectivity index (χ0v) is 11.1. The highest BCUT2D eigenvalue weighted by Crippen LogP contribution is 2.19. The second kappa shape index (κ2) is 5.32. The molecule has 0 saturated carbocycles. The van der Waals surface area contributed by atoms with Crippen LogP contribution < -0.4 is 10.5 Å². The minimum absolute atomic E-state index is 0.0912. The number of nitrogens with two attached hydrogens (primary N) is 1. The van der Waals surface area contributed by atoms with Crippen molar-refractivity contribution in [2.24, 2.45) is 5.14 Å². The molecular formula is C13H12N2O4S. The minimum Gasteiger partial charge on any atom is -0.507 e. The predicted molar refractivity (Wildman–Crippen MR) is 73.9 cm³/mol. The van der Waals surface area contributed by atoms with E-state index in [1.54, 1.807) is 12.1 Å². The Kier molecular flexibility index (Phi) is 3.73. The molecule has 0 aliphatic rings. The number of phenolic OH excluding ortho intramolecular Hbond substituents is 1. The highest BCUT2D eigenvalue weighted by molar-refractivity contribution is 7.89. The van der Waals surface area contributed by atoms with Crippen molar-refractivity contribution >= 4 is 21.6 Å². The largest absolute Gasteiger partial charge is 0.507 e. The van der Waals surface area contributed by atoms with Crippen LogP contribution in [0.1, 0.15) is 10.4 Å². The van der Waals surface area contributed by atoms with E-state index < -0.39 is 15.9 Å². The number of aromatic hydroxyl groups is 1. The van der Waals surface area contributed by atoms with Crippen LogP contribution in [0.5, 0.6) is 5.75 Å². The third-order valence-electron chi connectivity index (χ3n) is 2.57. The van der Waals surface area contributed by atoms with Crippen molar-refractivity contribution in [3.05, 3.63) is 54.1 Å². The van der Waals surface area contributed by atoms with E-state index in [9.17, 15) is 18.3 Å². The van der Waals surface area contributed by atoms with Crippen molar-refractivity contribution < 1.29 is 18.3 Å². The molecule has 7 heteroatoms. The highest BCUT2D eigenvalue weighted by Gasteiger charge is 2.12. The maximum Gasteiger partial charge on any atom is 0.259 e. The molecule has 0 spiro atoms. The van der Waals surface area contributed by atoms with E-state index in [4.69, 9.17) is 5.14 Å². The van der Waals surface area contributed by atoms with Crippen LogP contribution in [0.4, 0.5) is 5.69 Å². The van der Waals surface area contributed by atoms with Crippen molar-refractivity contribution in [2.75, 3.05) is 5.32 Å². The topological polar surface area (TPSA) is 109 Å². The van der Waals surface area contributed by atoms with E-state index in [1.165, 1.54) is 36.4 Å². The lowest BCUT2D eigenvalue weighted by atomic mass is 10.2. The molecule has 2 aromatic carbocycles. The molecule has 0 aliphatic carbocycles. The number of hydrogen-bond acceptors (Lipinski definition) is 4. The molecule has 2 rings (SSSR count). The fourth-order valence-corrected chi connectivity index (χ4v) is 2.17. The summed E-state index contributed by atoms with van der Waals surface area (Å²) in [4.78, 5) is 11.8. The van der Waals surface area contributed by atoms with Gasteiger partial charge in [0.15, 0.2) is 0 Å². The van der Waals surface area contributed by atoms with Gasteiger partial charge in [-0.25, -0.2) is 13.6 Å². The van der Waals surface area contributed by atoms with Crippen LogP contribution >= 0.6 is 0 Å². The number of rotatable bonds is 3. The monoisotopic (exact) mass is 292 g/mol. The van der Waals surface area contributed by atoms with Crippen LogP contribution in [0.25, 0.3) is 0 Å². The summed E-state index contributed by atoms with van der Waals surface area (Å²) in [5.74, 6) is -0.706. The molecule has 0 saturated heterocycles. The molecule has 0 bridgehead atoms. The average Bonchev–Trinajstić information content (AvgIpc) is 2.38. The molecule has 20 heavy (non-hydrogen) atoms. The maximum absolute atomic E-state index is 11.9. The minimum atomic E-state index is -3.83. The molecule has 0 unspecified atom stereocenters. The van der Waals surface area contributed by atoms with Crippen LogP contribution in [0.2, 0.25) is 0 Å². The summed E-state index contributed by atoms with van der Waals surface area (Å²) in [6, 6.07) is 11.6. The maximum atomic E-state index is 11.9. The van der Waals surface area contributed by atoms with Gasteiger partial charge in [-0.3, -0.25) is 4.79 Å². The summed E-state index contributed by atoms with van der Waals surface area (Å²) in [6.07, 6.45) is 0. The summed E-state index contributed by atoms with van der Waals surface area (Å²) in [5.41, 5.74) is 0.360. The Balaban J connectivity index is 2.27. The van der Waals surface area contributed by atoms with E-state index in [0.29, 0.717) is 0 Å². The van der Waals surface area contributed by atoms with Crippen LogP contribution in [0, 0.1) is 0 Å². The fourth-order valence-electron chi connectivity index (χ4n) is 1.61. The summed E-state index contributed by atoms with van der Waals surface area (Å²) in [6.45, 7) is 0. The molecule has 0 heterocycles. The van der Waals surface area contributed by atoms with Gasteiger partial charge in [-0.1, -0.05) is 18.2 Å². The van der Waals surface area contributed by atoms with Crippen molar-refractivity contribution in [2.45, 2.75) is 4.90 Å². The summed E-state index contributed by atoms with van der Waals surface area (Å²) >= 11 is 0. The number of para-hydroxylation sites is 1. The molecule has 0 atom stereocenters. The highest BCUT2D eigenvalue weighted by atomic mass is 32.2. The van der Waals surface area contributed by atoms with Crippen molar-refractivity contribution in [1.82, 2.24) is 0 Å². The molecule has 0 aromatic heterocycles. The Labute approximate surface area is 115 Å². The molecule has 6 nitrogen and oxygen atoms in total. The van der Waals surface area contributed by atoms with E-state index in [-0.39, 0.29) is 21.9 Å². The van der Waals surface area contributed by atoms with Gasteiger partial charge in [-0.2, -0.15) is 0 Å². The van der Waals surface area contributed by atoms with Gasteiger partial charge in [0.05, 0.1) is 10.5 Å². The van der Waals surface area contributed by atoms with Gasteiger partial charge >= 0.3 is 0 Å². The Morgan fingerprint density at radius 2 is 1.80 bits per heavy atom. The number of phenols is 1. The second-order valence-electron chi connectivity index (χ2n) is 4.04. The molecular weight excluding hydrogens is 280 g/mol. The second-order valence-corrected chi connectivity index (χ2v) is 5.61. The number of nitrogens with one attached hydrogen (secondary N) is 1.